The standard InChI is InChI=1S/C11H9N3O4S/c1-18-8-3-2-6(4-12-8)13-9(15)10-14-7(5-19-10)11(16)17/h2-5H,1H3,(H,13,15)(H,16,17). The van der Waals surface area contributed by atoms with Crippen LogP contribution in [-0.4, -0.2) is 34.1 Å². The lowest BCUT2D eigenvalue weighted by Gasteiger charge is -2.03. The summed E-state index contributed by atoms with van der Waals surface area (Å²) >= 11 is 0.964. The number of amides is 1. The first-order valence-electron chi connectivity index (χ1n) is 5.10. The summed E-state index contributed by atoms with van der Waals surface area (Å²) in [6.45, 7) is 0. The number of thiazole rings is 1. The number of hydrogen-bond acceptors (Lipinski definition) is 6. The Bertz CT molecular complexity index is 609. The monoisotopic (exact) mass is 279 g/mol. The van der Waals surface area contributed by atoms with E-state index in [0.29, 0.717) is 11.6 Å². The van der Waals surface area contributed by atoms with Gasteiger partial charge in [-0.2, -0.15) is 0 Å². The number of carbonyl (C=O) groups is 2. The molecule has 0 aliphatic carbocycles. The van der Waals surface area contributed by atoms with E-state index >= 15 is 0 Å². The highest BCUT2D eigenvalue weighted by molar-refractivity contribution is 7.12. The van der Waals surface area contributed by atoms with Crippen LogP contribution in [0.5, 0.6) is 5.88 Å². The normalized spacial score (nSPS) is 9.95. The van der Waals surface area contributed by atoms with Crippen molar-refractivity contribution in [1.82, 2.24) is 9.97 Å². The first-order valence-corrected chi connectivity index (χ1v) is 5.98. The molecular weight excluding hydrogens is 270 g/mol. The van der Waals surface area contributed by atoms with Crippen LogP contribution in [0.1, 0.15) is 20.3 Å². The van der Waals surface area contributed by atoms with Gasteiger partial charge in [-0.25, -0.2) is 14.8 Å². The van der Waals surface area contributed by atoms with Gasteiger partial charge in [0.05, 0.1) is 19.0 Å². The molecule has 2 N–H and O–H groups in total. The minimum Gasteiger partial charge on any atom is -0.481 e. The van der Waals surface area contributed by atoms with Crippen LogP contribution in [0.4, 0.5) is 5.69 Å². The maximum atomic E-state index is 11.8. The third-order valence-corrected chi connectivity index (χ3v) is 2.96. The number of aromatic nitrogens is 2. The summed E-state index contributed by atoms with van der Waals surface area (Å²) in [6, 6.07) is 3.22. The van der Waals surface area contributed by atoms with Crippen molar-refractivity contribution < 1.29 is 19.4 Å². The number of nitrogens with zero attached hydrogens (tertiary/aromatic N) is 2. The Labute approximate surface area is 111 Å². The van der Waals surface area contributed by atoms with Gasteiger partial charge in [0.2, 0.25) is 5.88 Å². The molecule has 0 aliphatic heterocycles. The van der Waals surface area contributed by atoms with Crippen LogP contribution in [0.25, 0.3) is 0 Å². The van der Waals surface area contributed by atoms with Gasteiger partial charge in [-0.3, -0.25) is 4.79 Å². The van der Waals surface area contributed by atoms with Gasteiger partial charge in [-0.15, -0.1) is 11.3 Å². The summed E-state index contributed by atoms with van der Waals surface area (Å²) in [5.74, 6) is -1.22. The maximum Gasteiger partial charge on any atom is 0.355 e. The predicted octanol–water partition coefficient (Wildman–Crippen LogP) is 1.50. The lowest BCUT2D eigenvalue weighted by Crippen LogP contribution is -2.12. The average Bonchev–Trinajstić information content (AvgIpc) is 2.89. The first-order chi connectivity index (χ1) is 9.10. The maximum absolute atomic E-state index is 11.8. The number of hydrogen-bond donors (Lipinski definition) is 2. The number of aromatic carboxylic acids is 1. The SMILES string of the molecule is COc1ccc(NC(=O)c2nc(C(=O)O)cs2)cn1. The molecule has 2 aromatic heterocycles. The molecule has 2 aromatic rings. The van der Waals surface area contributed by atoms with Crippen molar-refractivity contribution in [3.8, 4) is 5.88 Å². The number of anilines is 1. The summed E-state index contributed by atoms with van der Waals surface area (Å²) in [6.07, 6.45) is 1.43. The van der Waals surface area contributed by atoms with Gasteiger partial charge in [0.25, 0.3) is 5.91 Å². The fourth-order valence-electron chi connectivity index (χ4n) is 1.24. The van der Waals surface area contributed by atoms with Crippen molar-refractivity contribution in [2.24, 2.45) is 0 Å². The number of pyridine rings is 1. The molecule has 19 heavy (non-hydrogen) atoms. The van der Waals surface area contributed by atoms with Gasteiger partial charge in [-0.1, -0.05) is 0 Å². The fraction of sp³-hybridized carbons (Fsp3) is 0.0909. The molecule has 98 valence electrons. The van der Waals surface area contributed by atoms with Crippen molar-refractivity contribution in [2.45, 2.75) is 0 Å². The molecule has 0 fully saturated rings. The van der Waals surface area contributed by atoms with Gasteiger partial charge < -0.3 is 15.2 Å². The molecule has 8 heteroatoms. The third kappa shape index (κ3) is 3.05. The van der Waals surface area contributed by atoms with E-state index in [1.807, 2.05) is 0 Å². The molecule has 2 heterocycles. The molecule has 0 saturated carbocycles. The number of carboxylic acids is 1. The number of ether oxygens (including phenoxy) is 1. The van der Waals surface area contributed by atoms with E-state index in [4.69, 9.17) is 9.84 Å². The molecule has 0 atom stereocenters. The van der Waals surface area contributed by atoms with Crippen LogP contribution in [0.15, 0.2) is 23.7 Å². The highest BCUT2D eigenvalue weighted by Crippen LogP contribution is 2.14. The van der Waals surface area contributed by atoms with E-state index in [-0.39, 0.29) is 10.7 Å². The molecular formula is C11H9N3O4S. The van der Waals surface area contributed by atoms with E-state index in [1.54, 1.807) is 12.1 Å². The summed E-state index contributed by atoms with van der Waals surface area (Å²) < 4.78 is 4.89. The van der Waals surface area contributed by atoms with Crippen molar-refractivity contribution in [3.63, 3.8) is 0 Å². The van der Waals surface area contributed by atoms with Gasteiger partial charge >= 0.3 is 5.97 Å². The van der Waals surface area contributed by atoms with Crippen LogP contribution in [0, 0.1) is 0 Å². The van der Waals surface area contributed by atoms with Crippen molar-refractivity contribution in [3.05, 3.63) is 34.4 Å². The Balaban J connectivity index is 2.08. The highest BCUT2D eigenvalue weighted by atomic mass is 32.1. The summed E-state index contributed by atoms with van der Waals surface area (Å²) in [7, 11) is 1.49. The topological polar surface area (TPSA) is 101 Å². The minimum atomic E-state index is -1.17. The highest BCUT2D eigenvalue weighted by Gasteiger charge is 2.14. The Morgan fingerprint density at radius 2 is 2.21 bits per heavy atom. The summed E-state index contributed by atoms with van der Waals surface area (Å²) in [5, 5.41) is 12.7. The zero-order chi connectivity index (χ0) is 13.8. The largest absolute Gasteiger partial charge is 0.481 e. The number of methoxy groups -OCH3 is 1. The number of carboxylic acid groups (broad SMARTS) is 1. The van der Waals surface area contributed by atoms with Crippen LogP contribution in [0.2, 0.25) is 0 Å². The summed E-state index contributed by atoms with van der Waals surface area (Å²) in [5.41, 5.74) is 0.320. The first kappa shape index (κ1) is 13.0. The van der Waals surface area contributed by atoms with Crippen LogP contribution in [-0.2, 0) is 0 Å². The van der Waals surface area contributed by atoms with E-state index in [1.165, 1.54) is 18.7 Å². The quantitative estimate of drug-likeness (QED) is 0.879. The number of nitrogens with one attached hydrogen (secondary N) is 1. The van der Waals surface area contributed by atoms with Crippen molar-refractivity contribution >= 4 is 28.9 Å². The van der Waals surface area contributed by atoms with Crippen LogP contribution in [0.3, 0.4) is 0 Å². The molecule has 2 rings (SSSR count). The van der Waals surface area contributed by atoms with Gasteiger partial charge in [0.1, 0.15) is 0 Å². The third-order valence-electron chi connectivity index (χ3n) is 2.12. The van der Waals surface area contributed by atoms with E-state index < -0.39 is 11.9 Å². The lowest BCUT2D eigenvalue weighted by atomic mass is 10.4. The number of carbonyl (C=O) groups excluding carboxylic acids is 1. The van der Waals surface area contributed by atoms with Gasteiger partial charge in [0.15, 0.2) is 10.7 Å². The lowest BCUT2D eigenvalue weighted by molar-refractivity contribution is 0.0691. The van der Waals surface area contributed by atoms with Crippen LogP contribution >= 0.6 is 11.3 Å². The van der Waals surface area contributed by atoms with E-state index in [2.05, 4.69) is 15.3 Å². The van der Waals surface area contributed by atoms with E-state index in [0.717, 1.165) is 11.3 Å². The second-order valence-corrected chi connectivity index (χ2v) is 4.24. The Hall–Kier alpha value is -2.48. The van der Waals surface area contributed by atoms with Gasteiger partial charge in [-0.05, 0) is 6.07 Å². The molecule has 0 aromatic carbocycles. The fourth-order valence-corrected chi connectivity index (χ4v) is 1.92. The molecule has 0 bridgehead atoms. The smallest absolute Gasteiger partial charge is 0.355 e. The number of rotatable bonds is 4. The molecule has 7 nitrogen and oxygen atoms in total. The van der Waals surface area contributed by atoms with Gasteiger partial charge in [0, 0.05) is 11.4 Å². The van der Waals surface area contributed by atoms with E-state index in [9.17, 15) is 9.59 Å². The van der Waals surface area contributed by atoms with Crippen LogP contribution < -0.4 is 10.1 Å². The molecule has 0 spiro atoms. The molecule has 0 unspecified atom stereocenters. The second-order valence-electron chi connectivity index (χ2n) is 3.39. The van der Waals surface area contributed by atoms with Crippen molar-refractivity contribution in [1.29, 1.82) is 0 Å². The Morgan fingerprint density at radius 3 is 2.74 bits per heavy atom. The predicted molar refractivity (Wildman–Crippen MR) is 67.8 cm³/mol. The van der Waals surface area contributed by atoms with Crippen molar-refractivity contribution in [2.75, 3.05) is 12.4 Å². The second kappa shape index (κ2) is 5.44. The molecule has 1 amide bonds. The Morgan fingerprint density at radius 1 is 1.42 bits per heavy atom. The molecule has 0 saturated heterocycles. The molecule has 0 aliphatic rings. The minimum absolute atomic E-state index is 0.0771. The zero-order valence-corrected chi connectivity index (χ0v) is 10.6. The Kier molecular flexibility index (Phi) is 3.71. The molecule has 0 radical (unpaired) electrons. The summed E-state index contributed by atoms with van der Waals surface area (Å²) in [4.78, 5) is 30.1. The zero-order valence-electron chi connectivity index (χ0n) is 9.78. The average molecular weight is 279 g/mol.